The summed E-state index contributed by atoms with van der Waals surface area (Å²) in [7, 11) is 0. The van der Waals surface area contributed by atoms with Gasteiger partial charge in [-0.05, 0) is 130 Å². The highest BCUT2D eigenvalue weighted by Gasteiger charge is 2.52. The zero-order valence-electron chi connectivity index (χ0n) is 39.8. The largest absolute Gasteiger partial charge is 0.208 e. The minimum Gasteiger partial charge on any atom is -0.208 e. The van der Waals surface area contributed by atoms with Crippen LogP contribution in [0.3, 0.4) is 0 Å². The van der Waals surface area contributed by atoms with Crippen molar-refractivity contribution < 1.29 is 0 Å². The van der Waals surface area contributed by atoms with Crippen molar-refractivity contribution in [3.63, 3.8) is 0 Å². The molecule has 0 aliphatic heterocycles. The van der Waals surface area contributed by atoms with Crippen LogP contribution in [0.2, 0.25) is 0 Å². The summed E-state index contributed by atoms with van der Waals surface area (Å²) < 4.78 is 0. The standard InChI is InChI=1S/C70H45N3/c1-5-21-46(22-6-1)53-42-54(47-23-7-2-8-24-47)44-55(43-53)50-29-19-30-51(41-50)67-71-68(52-39-40-56(48-25-9-3-10-26-48)61(45-52)49-27-11-4-12-28-49)73-69(72-67)60-34-20-38-65-66(60)59-33-15-18-37-64(59)70(65)62-35-16-13-31-57(62)58-32-14-17-36-63(58)70/h1-45H. The molecule has 73 heavy (non-hydrogen) atoms. The molecule has 1 heterocycles. The van der Waals surface area contributed by atoms with Gasteiger partial charge < -0.3 is 0 Å². The zero-order valence-corrected chi connectivity index (χ0v) is 39.8. The van der Waals surface area contributed by atoms with Gasteiger partial charge in [-0.25, -0.2) is 15.0 Å². The summed E-state index contributed by atoms with van der Waals surface area (Å²) in [6.07, 6.45) is 0. The Kier molecular flexibility index (Phi) is 10.1. The second kappa shape index (κ2) is 17.4. The third-order valence-electron chi connectivity index (χ3n) is 14.9. The van der Waals surface area contributed by atoms with E-state index >= 15 is 0 Å². The minimum absolute atomic E-state index is 0.507. The van der Waals surface area contributed by atoms with Gasteiger partial charge in [-0.2, -0.15) is 0 Å². The van der Waals surface area contributed by atoms with Crippen molar-refractivity contribution >= 4 is 0 Å². The van der Waals surface area contributed by atoms with E-state index < -0.39 is 5.41 Å². The van der Waals surface area contributed by atoms with Crippen LogP contribution < -0.4 is 0 Å². The average Bonchev–Trinajstić information content (AvgIpc) is 3.96. The highest BCUT2D eigenvalue weighted by molar-refractivity contribution is 5.99. The molecule has 0 bridgehead atoms. The molecule has 3 heteroatoms. The van der Waals surface area contributed by atoms with Crippen LogP contribution in [0.1, 0.15) is 22.3 Å². The number of hydrogen-bond donors (Lipinski definition) is 0. The number of rotatable bonds is 8. The van der Waals surface area contributed by atoms with E-state index in [1.165, 1.54) is 50.1 Å². The summed E-state index contributed by atoms with van der Waals surface area (Å²) in [5, 5.41) is 0. The molecule has 0 amide bonds. The number of hydrogen-bond acceptors (Lipinski definition) is 3. The monoisotopic (exact) mass is 927 g/mol. The van der Waals surface area contributed by atoms with Gasteiger partial charge in [-0.1, -0.05) is 243 Å². The fourth-order valence-electron chi connectivity index (χ4n) is 11.7. The van der Waals surface area contributed by atoms with Gasteiger partial charge in [0.2, 0.25) is 0 Å². The van der Waals surface area contributed by atoms with Crippen LogP contribution in [0, 0.1) is 0 Å². The molecule has 0 unspecified atom stereocenters. The van der Waals surface area contributed by atoms with Crippen LogP contribution in [-0.4, -0.2) is 15.0 Å². The summed E-state index contributed by atoms with van der Waals surface area (Å²) in [6, 6.07) is 98.3. The van der Waals surface area contributed by atoms with Gasteiger partial charge in [0.25, 0.3) is 0 Å². The smallest absolute Gasteiger partial charge is 0.164 e. The van der Waals surface area contributed by atoms with Crippen molar-refractivity contribution in [1.29, 1.82) is 0 Å². The first-order valence-corrected chi connectivity index (χ1v) is 25.0. The van der Waals surface area contributed by atoms with E-state index in [1.54, 1.807) is 0 Å². The van der Waals surface area contributed by atoms with Crippen LogP contribution in [0.4, 0.5) is 0 Å². The van der Waals surface area contributed by atoms with Crippen LogP contribution >= 0.6 is 0 Å². The molecule has 2 aliphatic carbocycles. The Bertz CT molecular complexity index is 3970. The first kappa shape index (κ1) is 42.3. The lowest BCUT2D eigenvalue weighted by molar-refractivity contribution is 0.794. The van der Waals surface area contributed by atoms with Crippen molar-refractivity contribution in [2.45, 2.75) is 5.41 Å². The van der Waals surface area contributed by atoms with Crippen LogP contribution in [0.15, 0.2) is 273 Å². The summed E-state index contributed by atoms with van der Waals surface area (Å²) in [6.45, 7) is 0. The van der Waals surface area contributed by atoms with Crippen molar-refractivity contribution in [3.05, 3.63) is 295 Å². The molecular weight excluding hydrogens is 883 g/mol. The molecule has 0 saturated carbocycles. The minimum atomic E-state index is -0.507. The summed E-state index contributed by atoms with van der Waals surface area (Å²) >= 11 is 0. The Balaban J connectivity index is 0.996. The maximum atomic E-state index is 5.54. The maximum absolute atomic E-state index is 5.54. The Morgan fingerprint density at radius 2 is 0.562 bits per heavy atom. The van der Waals surface area contributed by atoms with E-state index in [4.69, 9.17) is 15.0 Å². The van der Waals surface area contributed by atoms with Crippen molar-refractivity contribution in [1.82, 2.24) is 15.0 Å². The first-order chi connectivity index (χ1) is 36.2. The predicted molar refractivity (Wildman–Crippen MR) is 300 cm³/mol. The van der Waals surface area contributed by atoms with E-state index in [1.807, 2.05) is 0 Å². The Morgan fingerprint density at radius 1 is 0.192 bits per heavy atom. The molecule has 1 spiro atoms. The lowest BCUT2D eigenvalue weighted by Crippen LogP contribution is -2.25. The fraction of sp³-hybridized carbons (Fsp3) is 0.0143. The molecule has 0 saturated heterocycles. The SMILES string of the molecule is c1ccc(-c2cc(-c3ccccc3)cc(-c3cccc(-c4nc(-c5ccc(-c6ccccc6)c(-c6ccccc6)c5)nc(-c5cccc6c5-c5ccccc5C65c6ccccc6-c6ccccc65)n4)c3)c2)cc1. The molecule has 0 radical (unpaired) electrons. The molecule has 11 aromatic carbocycles. The molecule has 2 aliphatic rings. The second-order valence-electron chi connectivity index (χ2n) is 19.0. The van der Waals surface area contributed by atoms with Gasteiger partial charge in [-0.15, -0.1) is 0 Å². The van der Waals surface area contributed by atoms with Gasteiger partial charge >= 0.3 is 0 Å². The molecule has 0 N–H and O–H groups in total. The van der Waals surface area contributed by atoms with Gasteiger partial charge in [0, 0.05) is 16.7 Å². The second-order valence-corrected chi connectivity index (χ2v) is 19.0. The Hall–Kier alpha value is -9.57. The quantitative estimate of drug-likeness (QED) is 0.152. The lowest BCUT2D eigenvalue weighted by Gasteiger charge is -2.30. The van der Waals surface area contributed by atoms with Crippen molar-refractivity contribution in [3.8, 4) is 112 Å². The summed E-state index contributed by atoms with van der Waals surface area (Å²) in [5.41, 5.74) is 23.6. The molecule has 3 nitrogen and oxygen atoms in total. The molecule has 14 rings (SSSR count). The van der Waals surface area contributed by atoms with Crippen molar-refractivity contribution in [2.75, 3.05) is 0 Å². The Morgan fingerprint density at radius 3 is 1.14 bits per heavy atom. The van der Waals surface area contributed by atoms with E-state index in [-0.39, 0.29) is 0 Å². The molecule has 0 atom stereocenters. The summed E-state index contributed by atoms with van der Waals surface area (Å²) in [5.74, 6) is 1.84. The number of fused-ring (bicyclic) bond motifs is 10. The van der Waals surface area contributed by atoms with E-state index in [9.17, 15) is 0 Å². The predicted octanol–water partition coefficient (Wildman–Crippen LogP) is 17.6. The van der Waals surface area contributed by atoms with Crippen LogP contribution in [0.5, 0.6) is 0 Å². The average molecular weight is 928 g/mol. The third-order valence-corrected chi connectivity index (χ3v) is 14.9. The number of benzene rings is 11. The highest BCUT2D eigenvalue weighted by Crippen LogP contribution is 2.64. The van der Waals surface area contributed by atoms with E-state index in [0.717, 1.165) is 66.8 Å². The van der Waals surface area contributed by atoms with Gasteiger partial charge in [0.15, 0.2) is 17.5 Å². The van der Waals surface area contributed by atoms with Crippen LogP contribution in [0.25, 0.3) is 112 Å². The molecule has 1 aromatic heterocycles. The normalized spacial score (nSPS) is 12.5. The highest BCUT2D eigenvalue weighted by atomic mass is 15.0. The van der Waals surface area contributed by atoms with Crippen molar-refractivity contribution in [2.24, 2.45) is 0 Å². The van der Waals surface area contributed by atoms with Crippen LogP contribution in [-0.2, 0) is 5.41 Å². The van der Waals surface area contributed by atoms with E-state index in [0.29, 0.717) is 17.5 Å². The number of nitrogens with zero attached hydrogens (tertiary/aromatic N) is 3. The van der Waals surface area contributed by atoms with Gasteiger partial charge in [-0.3, -0.25) is 0 Å². The lowest BCUT2D eigenvalue weighted by atomic mass is 9.70. The molecule has 340 valence electrons. The van der Waals surface area contributed by atoms with Gasteiger partial charge in [0.05, 0.1) is 5.41 Å². The summed E-state index contributed by atoms with van der Waals surface area (Å²) in [4.78, 5) is 16.5. The molecule has 12 aromatic rings. The molecule has 0 fully saturated rings. The fourth-order valence-corrected chi connectivity index (χ4v) is 11.7. The zero-order chi connectivity index (χ0) is 48.3. The first-order valence-electron chi connectivity index (χ1n) is 25.0. The maximum Gasteiger partial charge on any atom is 0.164 e. The van der Waals surface area contributed by atoms with Gasteiger partial charge in [0.1, 0.15) is 0 Å². The third kappa shape index (κ3) is 7.00. The topological polar surface area (TPSA) is 38.7 Å². The number of aromatic nitrogens is 3. The Labute approximate surface area is 425 Å². The molecular formula is C70H45N3. The van der Waals surface area contributed by atoms with E-state index in [2.05, 4.69) is 273 Å².